The second-order valence-electron chi connectivity index (χ2n) is 5.15. The lowest BCUT2D eigenvalue weighted by atomic mass is 10.0. The van der Waals surface area contributed by atoms with Crippen LogP contribution in [0.2, 0.25) is 0 Å². The van der Waals surface area contributed by atoms with Gasteiger partial charge in [0.1, 0.15) is 0 Å². The lowest BCUT2D eigenvalue weighted by Gasteiger charge is -2.18. The van der Waals surface area contributed by atoms with E-state index in [2.05, 4.69) is 72.3 Å². The van der Waals surface area contributed by atoms with Crippen molar-refractivity contribution in [3.63, 3.8) is 0 Å². The van der Waals surface area contributed by atoms with E-state index in [0.29, 0.717) is 12.0 Å². The zero-order valence-corrected chi connectivity index (χ0v) is 14.2. The SMILES string of the molecule is CNC(c1ccc(-c2cccc(C)c2Br)s1)C(C)C. The Bertz CT molecular complexity index is 560. The molecule has 1 unspecified atom stereocenters. The minimum absolute atomic E-state index is 0.433. The monoisotopic (exact) mass is 337 g/mol. The van der Waals surface area contributed by atoms with Gasteiger partial charge < -0.3 is 5.32 Å². The molecule has 1 atom stereocenters. The molecule has 0 spiro atoms. The van der Waals surface area contributed by atoms with Crippen molar-refractivity contribution in [2.75, 3.05) is 7.05 Å². The number of benzene rings is 1. The molecule has 0 aliphatic heterocycles. The highest BCUT2D eigenvalue weighted by molar-refractivity contribution is 9.10. The molecule has 3 heteroatoms. The average molecular weight is 338 g/mol. The van der Waals surface area contributed by atoms with Crippen LogP contribution in [0.15, 0.2) is 34.8 Å². The Morgan fingerprint density at radius 2 is 1.89 bits per heavy atom. The van der Waals surface area contributed by atoms with Gasteiger partial charge in [0, 0.05) is 25.8 Å². The van der Waals surface area contributed by atoms with E-state index in [9.17, 15) is 0 Å². The van der Waals surface area contributed by atoms with Gasteiger partial charge in [0.25, 0.3) is 0 Å². The van der Waals surface area contributed by atoms with E-state index in [1.165, 1.54) is 25.4 Å². The maximum atomic E-state index is 3.70. The molecule has 1 aromatic heterocycles. The summed E-state index contributed by atoms with van der Waals surface area (Å²) in [4.78, 5) is 2.73. The molecule has 0 radical (unpaired) electrons. The maximum absolute atomic E-state index is 3.70. The van der Waals surface area contributed by atoms with E-state index >= 15 is 0 Å². The van der Waals surface area contributed by atoms with Crippen molar-refractivity contribution >= 4 is 27.3 Å². The van der Waals surface area contributed by atoms with Crippen molar-refractivity contribution in [3.05, 3.63) is 45.2 Å². The number of hydrogen-bond donors (Lipinski definition) is 1. The van der Waals surface area contributed by atoms with Crippen LogP contribution in [-0.2, 0) is 0 Å². The Morgan fingerprint density at radius 1 is 1.16 bits per heavy atom. The summed E-state index contributed by atoms with van der Waals surface area (Å²) < 4.78 is 1.20. The van der Waals surface area contributed by atoms with Gasteiger partial charge in [-0.05, 0) is 53.5 Å². The molecule has 0 aliphatic carbocycles. The Kier molecular flexibility index (Phi) is 4.82. The van der Waals surface area contributed by atoms with Gasteiger partial charge in [0.05, 0.1) is 0 Å². The minimum atomic E-state index is 0.433. The van der Waals surface area contributed by atoms with Crippen molar-refractivity contribution in [1.29, 1.82) is 0 Å². The van der Waals surface area contributed by atoms with Crippen LogP contribution >= 0.6 is 27.3 Å². The van der Waals surface area contributed by atoms with Gasteiger partial charge in [-0.2, -0.15) is 0 Å². The van der Waals surface area contributed by atoms with Crippen molar-refractivity contribution in [1.82, 2.24) is 5.32 Å². The van der Waals surface area contributed by atoms with Crippen LogP contribution in [0.5, 0.6) is 0 Å². The third-order valence-electron chi connectivity index (χ3n) is 3.37. The maximum Gasteiger partial charge on any atom is 0.0435 e. The molecule has 2 aromatic rings. The van der Waals surface area contributed by atoms with Crippen LogP contribution in [-0.4, -0.2) is 7.05 Å². The molecule has 102 valence electrons. The molecule has 1 N–H and O–H groups in total. The quantitative estimate of drug-likeness (QED) is 0.787. The van der Waals surface area contributed by atoms with Crippen molar-refractivity contribution in [2.24, 2.45) is 5.92 Å². The molecule has 0 saturated carbocycles. The first-order valence-corrected chi connectivity index (χ1v) is 8.18. The highest BCUT2D eigenvalue weighted by atomic mass is 79.9. The first-order valence-electron chi connectivity index (χ1n) is 6.57. The predicted octanol–water partition coefficient (Wildman–Crippen LogP) is 5.40. The zero-order valence-electron chi connectivity index (χ0n) is 11.8. The van der Waals surface area contributed by atoms with Crippen molar-refractivity contribution in [2.45, 2.75) is 26.8 Å². The summed E-state index contributed by atoms with van der Waals surface area (Å²) in [5.74, 6) is 0.595. The van der Waals surface area contributed by atoms with Gasteiger partial charge in [0.2, 0.25) is 0 Å². The molecule has 0 fully saturated rings. The van der Waals surface area contributed by atoms with Gasteiger partial charge in [-0.3, -0.25) is 0 Å². The van der Waals surface area contributed by atoms with Crippen LogP contribution < -0.4 is 5.32 Å². The van der Waals surface area contributed by atoms with Gasteiger partial charge in [-0.15, -0.1) is 11.3 Å². The van der Waals surface area contributed by atoms with Crippen molar-refractivity contribution in [3.8, 4) is 10.4 Å². The van der Waals surface area contributed by atoms with E-state index in [4.69, 9.17) is 0 Å². The highest BCUT2D eigenvalue weighted by Crippen LogP contribution is 2.38. The molecule has 1 heterocycles. The fraction of sp³-hybridized carbons (Fsp3) is 0.375. The smallest absolute Gasteiger partial charge is 0.0435 e. The van der Waals surface area contributed by atoms with Crippen LogP contribution in [0, 0.1) is 12.8 Å². The molecule has 2 rings (SSSR count). The number of aryl methyl sites for hydroxylation is 1. The summed E-state index contributed by atoms with van der Waals surface area (Å²) in [7, 11) is 2.03. The van der Waals surface area contributed by atoms with E-state index in [1.807, 2.05) is 18.4 Å². The van der Waals surface area contributed by atoms with Crippen LogP contribution in [0.4, 0.5) is 0 Å². The Labute approximate surface area is 128 Å². The Balaban J connectivity index is 2.38. The number of thiophene rings is 1. The average Bonchev–Trinajstić information content (AvgIpc) is 2.82. The van der Waals surface area contributed by atoms with Gasteiger partial charge in [-0.25, -0.2) is 0 Å². The van der Waals surface area contributed by atoms with Crippen LogP contribution in [0.25, 0.3) is 10.4 Å². The van der Waals surface area contributed by atoms with Gasteiger partial charge in [-0.1, -0.05) is 32.0 Å². The van der Waals surface area contributed by atoms with E-state index < -0.39 is 0 Å². The van der Waals surface area contributed by atoms with E-state index in [0.717, 1.165) is 0 Å². The van der Waals surface area contributed by atoms with E-state index in [-0.39, 0.29) is 0 Å². The Morgan fingerprint density at radius 3 is 2.53 bits per heavy atom. The summed E-state index contributed by atoms with van der Waals surface area (Å²) >= 11 is 5.58. The standard InChI is InChI=1S/C16H20BrNS/c1-10(2)16(18-4)14-9-8-13(19-14)12-7-5-6-11(3)15(12)17/h5-10,16,18H,1-4H3. The molecule has 0 aliphatic rings. The summed E-state index contributed by atoms with van der Waals surface area (Å²) in [6.07, 6.45) is 0. The molecule has 0 bridgehead atoms. The summed E-state index contributed by atoms with van der Waals surface area (Å²) in [5, 5.41) is 3.41. The fourth-order valence-corrected chi connectivity index (χ4v) is 4.24. The van der Waals surface area contributed by atoms with Crippen molar-refractivity contribution < 1.29 is 0 Å². The first-order chi connectivity index (χ1) is 9.04. The van der Waals surface area contributed by atoms with Crippen LogP contribution in [0.3, 0.4) is 0 Å². The number of hydrogen-bond acceptors (Lipinski definition) is 2. The fourth-order valence-electron chi connectivity index (χ4n) is 2.31. The molecule has 0 saturated heterocycles. The highest BCUT2D eigenvalue weighted by Gasteiger charge is 2.16. The normalized spacial score (nSPS) is 12.9. The van der Waals surface area contributed by atoms with Gasteiger partial charge >= 0.3 is 0 Å². The summed E-state index contributed by atoms with van der Waals surface area (Å²) in [6, 6.07) is 11.3. The first kappa shape index (κ1) is 14.8. The minimum Gasteiger partial charge on any atom is -0.312 e. The Hall–Kier alpha value is -0.640. The summed E-state index contributed by atoms with van der Waals surface area (Å²) in [6.45, 7) is 6.64. The van der Waals surface area contributed by atoms with E-state index in [1.54, 1.807) is 0 Å². The second-order valence-corrected chi connectivity index (χ2v) is 7.06. The molecule has 1 nitrogen and oxygen atoms in total. The molecular formula is C16H20BrNS. The largest absolute Gasteiger partial charge is 0.312 e. The third-order valence-corrected chi connectivity index (χ3v) is 5.62. The lowest BCUT2D eigenvalue weighted by molar-refractivity contribution is 0.449. The summed E-state index contributed by atoms with van der Waals surface area (Å²) in [5.41, 5.74) is 2.57. The lowest BCUT2D eigenvalue weighted by Crippen LogP contribution is -2.20. The number of rotatable bonds is 4. The molecule has 1 aromatic carbocycles. The second kappa shape index (κ2) is 6.21. The molecular weight excluding hydrogens is 318 g/mol. The predicted molar refractivity (Wildman–Crippen MR) is 88.8 cm³/mol. The number of nitrogens with one attached hydrogen (secondary N) is 1. The third kappa shape index (κ3) is 3.10. The zero-order chi connectivity index (χ0) is 14.0. The molecule has 0 amide bonds. The number of halogens is 1. The molecule has 19 heavy (non-hydrogen) atoms. The topological polar surface area (TPSA) is 12.0 Å². The van der Waals surface area contributed by atoms with Gasteiger partial charge in [0.15, 0.2) is 0 Å². The van der Waals surface area contributed by atoms with Crippen LogP contribution in [0.1, 0.15) is 30.3 Å².